The summed E-state index contributed by atoms with van der Waals surface area (Å²) in [6.07, 6.45) is -4.66. The van der Waals surface area contributed by atoms with Crippen molar-refractivity contribution < 1.29 is 22.6 Å². The van der Waals surface area contributed by atoms with Crippen LogP contribution in [0.4, 0.5) is 13.2 Å². The Morgan fingerprint density at radius 3 is 2.25 bits per heavy atom. The van der Waals surface area contributed by atoms with E-state index >= 15 is 0 Å². The van der Waals surface area contributed by atoms with Crippen LogP contribution >= 0.6 is 11.6 Å². The first-order valence-corrected chi connectivity index (χ1v) is 5.55. The molecular weight excluding hydrogens is 301 g/mol. The first-order valence-electron chi connectivity index (χ1n) is 5.17. The molecule has 0 unspecified atom stereocenters. The molecule has 2 aromatic rings. The average Bonchev–Trinajstić information content (AvgIpc) is 2.38. The van der Waals surface area contributed by atoms with Crippen molar-refractivity contribution in [1.82, 2.24) is 0 Å². The number of alkyl halides is 3. The van der Waals surface area contributed by atoms with E-state index in [4.69, 9.17) is 16.3 Å². The molecule has 2 rings (SSSR count). The fourth-order valence-electron chi connectivity index (χ4n) is 1.53. The predicted molar refractivity (Wildman–Crippen MR) is 64.4 cm³/mol. The second-order valence-corrected chi connectivity index (χ2v) is 4.17. The van der Waals surface area contributed by atoms with Crippen LogP contribution in [0.15, 0.2) is 27.8 Å². The molecule has 8 heteroatoms. The van der Waals surface area contributed by atoms with Gasteiger partial charge in [-0.3, -0.25) is 9.59 Å². The summed E-state index contributed by atoms with van der Waals surface area (Å²) >= 11 is 5.44. The molecule has 0 N–H and O–H groups in total. The Kier molecular flexibility index (Phi) is 3.47. The predicted octanol–water partition coefficient (Wildman–Crippen LogP) is 2.76. The van der Waals surface area contributed by atoms with Crippen LogP contribution in [0.25, 0.3) is 0 Å². The number of hydrogen-bond acceptors (Lipinski definition) is 4. The van der Waals surface area contributed by atoms with E-state index in [1.165, 1.54) is 0 Å². The highest BCUT2D eigenvalue weighted by Gasteiger charge is 2.34. The molecule has 0 aliphatic rings. The van der Waals surface area contributed by atoms with Gasteiger partial charge in [-0.2, -0.15) is 13.2 Å². The van der Waals surface area contributed by atoms with Crippen LogP contribution in [-0.2, 0) is 6.18 Å². The summed E-state index contributed by atoms with van der Waals surface area (Å²) in [5, 5.41) is -0.498. The smallest absolute Gasteiger partial charge is 0.417 e. The Morgan fingerprint density at radius 2 is 1.70 bits per heavy atom. The highest BCUT2D eigenvalue weighted by atomic mass is 35.5. The zero-order valence-corrected chi connectivity index (χ0v) is 10.6. The van der Waals surface area contributed by atoms with Crippen molar-refractivity contribution in [1.29, 1.82) is 0 Å². The standard InChI is InChI=1S/C12H6ClF3O4/c1-19-10-8(17)9(18)11(10)20-5-2-3-7(13)6(4-5)12(14,15)16/h2-4H,1H3. The Bertz CT molecular complexity index is 729. The molecule has 0 aliphatic carbocycles. The second-order valence-electron chi connectivity index (χ2n) is 3.76. The lowest BCUT2D eigenvalue weighted by Crippen LogP contribution is -2.32. The minimum atomic E-state index is -4.66. The normalized spacial score (nSPS) is 11.7. The number of methoxy groups -OCH3 is 1. The Balaban J connectivity index is 2.39. The lowest BCUT2D eigenvalue weighted by Gasteiger charge is -2.13. The van der Waals surface area contributed by atoms with Crippen LogP contribution in [0.1, 0.15) is 5.56 Å². The molecule has 0 radical (unpaired) electrons. The molecule has 0 spiro atoms. The van der Waals surface area contributed by atoms with Crippen LogP contribution in [0.2, 0.25) is 5.02 Å². The number of hydrogen-bond donors (Lipinski definition) is 0. The van der Waals surface area contributed by atoms with Crippen molar-refractivity contribution in [3.63, 3.8) is 0 Å². The fourth-order valence-corrected chi connectivity index (χ4v) is 1.76. The third-order valence-electron chi connectivity index (χ3n) is 2.49. The molecular formula is C12H6ClF3O4. The van der Waals surface area contributed by atoms with E-state index in [0.29, 0.717) is 6.07 Å². The van der Waals surface area contributed by atoms with Gasteiger partial charge in [0.15, 0.2) is 0 Å². The molecule has 2 aromatic carbocycles. The number of halogens is 4. The van der Waals surface area contributed by atoms with Gasteiger partial charge >= 0.3 is 6.18 Å². The Hall–Kier alpha value is -2.02. The topological polar surface area (TPSA) is 52.6 Å². The van der Waals surface area contributed by atoms with Crippen molar-refractivity contribution in [2.75, 3.05) is 7.11 Å². The minimum absolute atomic E-state index is 0.271. The number of ether oxygens (including phenoxy) is 2. The van der Waals surface area contributed by atoms with Crippen molar-refractivity contribution in [2.45, 2.75) is 6.18 Å². The monoisotopic (exact) mass is 306 g/mol. The molecule has 0 aliphatic heterocycles. The van der Waals surface area contributed by atoms with E-state index in [0.717, 1.165) is 19.2 Å². The molecule has 20 heavy (non-hydrogen) atoms. The van der Waals surface area contributed by atoms with E-state index in [2.05, 4.69) is 4.74 Å². The van der Waals surface area contributed by atoms with Gasteiger partial charge in [0.2, 0.25) is 11.5 Å². The molecule has 0 atom stereocenters. The molecule has 106 valence electrons. The van der Waals surface area contributed by atoms with Crippen LogP contribution in [0.3, 0.4) is 0 Å². The molecule has 0 aromatic heterocycles. The summed E-state index contributed by atoms with van der Waals surface area (Å²) in [5.41, 5.74) is -2.94. The summed E-state index contributed by atoms with van der Waals surface area (Å²) in [5.74, 6) is -1.02. The second kappa shape index (κ2) is 4.82. The maximum atomic E-state index is 12.6. The van der Waals surface area contributed by atoms with Gasteiger partial charge in [0.1, 0.15) is 5.75 Å². The molecule has 0 fully saturated rings. The average molecular weight is 307 g/mol. The van der Waals surface area contributed by atoms with Crippen LogP contribution in [0, 0.1) is 0 Å². The SMILES string of the molecule is COc1c(Oc2ccc(Cl)c(C(F)(F)F)c2)c(=O)c1=O. The zero-order chi connectivity index (χ0) is 15.1. The van der Waals surface area contributed by atoms with Gasteiger partial charge in [0.25, 0.3) is 10.9 Å². The van der Waals surface area contributed by atoms with Gasteiger partial charge < -0.3 is 9.47 Å². The lowest BCUT2D eigenvalue weighted by atomic mass is 10.2. The maximum Gasteiger partial charge on any atom is 0.417 e. The van der Waals surface area contributed by atoms with E-state index in [1.807, 2.05) is 0 Å². The van der Waals surface area contributed by atoms with Gasteiger partial charge in [0, 0.05) is 0 Å². The van der Waals surface area contributed by atoms with Gasteiger partial charge in [-0.15, -0.1) is 0 Å². The maximum absolute atomic E-state index is 12.6. The zero-order valence-electron chi connectivity index (χ0n) is 9.88. The molecule has 0 bridgehead atoms. The Labute approximate surface area is 115 Å². The van der Waals surface area contributed by atoms with Crippen LogP contribution < -0.4 is 20.3 Å². The highest BCUT2D eigenvalue weighted by Crippen LogP contribution is 2.38. The van der Waals surface area contributed by atoms with E-state index < -0.39 is 33.4 Å². The van der Waals surface area contributed by atoms with Crippen molar-refractivity contribution >= 4 is 11.6 Å². The first kappa shape index (κ1) is 14.4. The summed E-state index contributed by atoms with van der Waals surface area (Å²) in [4.78, 5) is 22.3. The third-order valence-corrected chi connectivity index (χ3v) is 2.82. The minimum Gasteiger partial charge on any atom is -0.489 e. The summed E-state index contributed by atoms with van der Waals surface area (Å²) < 4.78 is 47.5. The quantitative estimate of drug-likeness (QED) is 0.818. The first-order chi connectivity index (χ1) is 9.25. The molecule has 4 nitrogen and oxygen atoms in total. The Morgan fingerprint density at radius 1 is 1.10 bits per heavy atom. The van der Waals surface area contributed by atoms with Gasteiger partial charge in [0.05, 0.1) is 17.7 Å². The van der Waals surface area contributed by atoms with E-state index in [1.54, 1.807) is 0 Å². The van der Waals surface area contributed by atoms with Crippen molar-refractivity contribution in [2.24, 2.45) is 0 Å². The molecule has 0 saturated heterocycles. The van der Waals surface area contributed by atoms with Gasteiger partial charge in [-0.05, 0) is 18.2 Å². The number of benzene rings is 1. The van der Waals surface area contributed by atoms with Gasteiger partial charge in [-0.25, -0.2) is 0 Å². The highest BCUT2D eigenvalue weighted by molar-refractivity contribution is 6.31. The molecule has 0 saturated carbocycles. The van der Waals surface area contributed by atoms with Gasteiger partial charge in [-0.1, -0.05) is 11.6 Å². The van der Waals surface area contributed by atoms with E-state index in [-0.39, 0.29) is 11.5 Å². The molecule has 0 heterocycles. The summed E-state index contributed by atoms with van der Waals surface area (Å²) in [7, 11) is 1.14. The third kappa shape index (κ3) is 2.36. The van der Waals surface area contributed by atoms with Crippen molar-refractivity contribution in [3.05, 3.63) is 49.2 Å². The number of rotatable bonds is 3. The van der Waals surface area contributed by atoms with Crippen LogP contribution in [-0.4, -0.2) is 7.11 Å². The van der Waals surface area contributed by atoms with E-state index in [9.17, 15) is 22.8 Å². The largest absolute Gasteiger partial charge is 0.489 e. The van der Waals surface area contributed by atoms with Crippen LogP contribution in [0.5, 0.6) is 17.2 Å². The summed E-state index contributed by atoms with van der Waals surface area (Å²) in [6, 6.07) is 2.77. The summed E-state index contributed by atoms with van der Waals surface area (Å²) in [6.45, 7) is 0. The lowest BCUT2D eigenvalue weighted by molar-refractivity contribution is -0.137. The molecule has 0 amide bonds. The van der Waals surface area contributed by atoms with Crippen molar-refractivity contribution in [3.8, 4) is 17.2 Å². The fraction of sp³-hybridized carbons (Fsp3) is 0.167.